The van der Waals surface area contributed by atoms with E-state index < -0.39 is 5.97 Å². The minimum Gasteiger partial charge on any atom is -0.465 e. The van der Waals surface area contributed by atoms with Crippen LogP contribution in [0.15, 0.2) is 12.1 Å². The van der Waals surface area contributed by atoms with Gasteiger partial charge in [0.05, 0.1) is 24.3 Å². The van der Waals surface area contributed by atoms with Gasteiger partial charge in [0, 0.05) is 26.2 Å². The van der Waals surface area contributed by atoms with Crippen LogP contribution in [0, 0.1) is 0 Å². The normalized spacial score (nSPS) is 23.8. The van der Waals surface area contributed by atoms with Crippen LogP contribution in [0.2, 0.25) is 0 Å². The standard InChI is InChI=1S/C24H30N4O5/c1-26-19-12-15(14-3-4-14)11-18(24(32)33-2)21(19)25-22(26)23(31)27-9-10-28(20(30)13-27)16-5-7-17(29)8-6-16/h11-12,14,16-17,29H,3-10,13H2,1-2H3/t16-,17-. The van der Waals surface area contributed by atoms with Crippen LogP contribution in [-0.2, 0) is 16.6 Å². The molecule has 0 spiro atoms. The van der Waals surface area contributed by atoms with Gasteiger partial charge in [0.1, 0.15) is 12.1 Å². The topological polar surface area (TPSA) is 105 Å². The van der Waals surface area contributed by atoms with E-state index in [-0.39, 0.29) is 36.3 Å². The van der Waals surface area contributed by atoms with Crippen molar-refractivity contribution in [3.05, 3.63) is 29.1 Å². The first kappa shape index (κ1) is 21.9. The van der Waals surface area contributed by atoms with Crippen molar-refractivity contribution in [3.8, 4) is 0 Å². The molecule has 0 atom stereocenters. The van der Waals surface area contributed by atoms with Gasteiger partial charge in [-0.05, 0) is 62.1 Å². The minimum absolute atomic E-state index is 0.0122. The quantitative estimate of drug-likeness (QED) is 0.707. The molecule has 9 nitrogen and oxygen atoms in total. The number of aliphatic hydroxyl groups excluding tert-OH is 1. The van der Waals surface area contributed by atoms with E-state index in [9.17, 15) is 19.5 Å². The first-order valence-electron chi connectivity index (χ1n) is 11.7. The summed E-state index contributed by atoms with van der Waals surface area (Å²) in [5.74, 6) is -0.213. The van der Waals surface area contributed by atoms with Crippen molar-refractivity contribution in [1.29, 1.82) is 0 Å². The molecule has 1 N–H and O–H groups in total. The second kappa shape index (κ2) is 8.44. The van der Waals surface area contributed by atoms with E-state index in [2.05, 4.69) is 4.98 Å². The van der Waals surface area contributed by atoms with Gasteiger partial charge >= 0.3 is 5.97 Å². The maximum absolute atomic E-state index is 13.4. The molecule has 1 aromatic heterocycles. The predicted octanol–water partition coefficient (Wildman–Crippen LogP) is 1.83. The van der Waals surface area contributed by atoms with Crippen molar-refractivity contribution in [3.63, 3.8) is 0 Å². The van der Waals surface area contributed by atoms with Gasteiger partial charge in [0.15, 0.2) is 5.82 Å². The first-order chi connectivity index (χ1) is 15.9. The fourth-order valence-electron chi connectivity index (χ4n) is 5.18. The van der Waals surface area contributed by atoms with Crippen molar-refractivity contribution >= 4 is 28.8 Å². The lowest BCUT2D eigenvalue weighted by Crippen LogP contribution is -2.56. The van der Waals surface area contributed by atoms with Gasteiger partial charge < -0.3 is 24.2 Å². The fraction of sp³-hybridized carbons (Fsp3) is 0.583. The minimum atomic E-state index is -0.471. The summed E-state index contributed by atoms with van der Waals surface area (Å²) < 4.78 is 6.68. The van der Waals surface area contributed by atoms with Crippen molar-refractivity contribution in [2.75, 3.05) is 26.7 Å². The molecule has 176 valence electrons. The molecule has 2 aromatic rings. The van der Waals surface area contributed by atoms with E-state index >= 15 is 0 Å². The van der Waals surface area contributed by atoms with Gasteiger partial charge in [-0.15, -0.1) is 0 Å². The van der Waals surface area contributed by atoms with Crippen LogP contribution in [0.3, 0.4) is 0 Å². The van der Waals surface area contributed by atoms with Crippen molar-refractivity contribution < 1.29 is 24.2 Å². The zero-order valence-corrected chi connectivity index (χ0v) is 19.1. The Labute approximate surface area is 192 Å². The molecule has 0 radical (unpaired) electrons. The highest BCUT2D eigenvalue weighted by Gasteiger charge is 2.35. The largest absolute Gasteiger partial charge is 0.465 e. The summed E-state index contributed by atoms with van der Waals surface area (Å²) in [6, 6.07) is 3.97. The summed E-state index contributed by atoms with van der Waals surface area (Å²) >= 11 is 0. The zero-order chi connectivity index (χ0) is 23.3. The number of amides is 2. The number of ether oxygens (including phenoxy) is 1. The molecule has 9 heteroatoms. The third-order valence-electron chi connectivity index (χ3n) is 7.31. The number of piperazine rings is 1. The van der Waals surface area contributed by atoms with Crippen LogP contribution in [0.25, 0.3) is 11.0 Å². The van der Waals surface area contributed by atoms with E-state index in [1.807, 2.05) is 17.0 Å². The second-order valence-corrected chi connectivity index (χ2v) is 9.47. The molecule has 1 aliphatic heterocycles. The molecule has 1 saturated heterocycles. The molecule has 2 saturated carbocycles. The van der Waals surface area contributed by atoms with Crippen LogP contribution in [0.4, 0.5) is 0 Å². The van der Waals surface area contributed by atoms with Crippen LogP contribution in [0.5, 0.6) is 0 Å². The smallest absolute Gasteiger partial charge is 0.340 e. The van der Waals surface area contributed by atoms with Gasteiger partial charge in [0.25, 0.3) is 5.91 Å². The van der Waals surface area contributed by atoms with E-state index in [4.69, 9.17) is 4.74 Å². The lowest BCUT2D eigenvalue weighted by atomic mass is 9.91. The Morgan fingerprint density at radius 2 is 1.82 bits per heavy atom. The Morgan fingerprint density at radius 1 is 1.09 bits per heavy atom. The molecule has 33 heavy (non-hydrogen) atoms. The number of fused-ring (bicyclic) bond motifs is 1. The van der Waals surface area contributed by atoms with Crippen molar-refractivity contribution in [2.45, 2.75) is 56.6 Å². The molecule has 3 fully saturated rings. The molecular weight excluding hydrogens is 424 g/mol. The molecule has 0 bridgehead atoms. The van der Waals surface area contributed by atoms with Crippen LogP contribution in [-0.4, -0.2) is 81.1 Å². The van der Waals surface area contributed by atoms with Crippen LogP contribution in [0.1, 0.15) is 71.0 Å². The maximum Gasteiger partial charge on any atom is 0.340 e. The average molecular weight is 455 g/mol. The maximum atomic E-state index is 13.4. The SMILES string of the molecule is COC(=O)c1cc(C2CC2)cc2c1nc(C(=O)N1CCN([C@H]3CC[C@H](O)CC3)C(=O)C1)n2C. The zero-order valence-electron chi connectivity index (χ0n) is 19.1. The molecule has 2 heterocycles. The Balaban J connectivity index is 1.39. The molecule has 1 aromatic carbocycles. The van der Waals surface area contributed by atoms with Gasteiger partial charge in [-0.3, -0.25) is 9.59 Å². The number of aromatic nitrogens is 2. The highest BCUT2D eigenvalue weighted by atomic mass is 16.5. The molecule has 2 aliphatic carbocycles. The molecular formula is C24H30N4O5. The van der Waals surface area contributed by atoms with Gasteiger partial charge in [-0.2, -0.15) is 0 Å². The number of esters is 1. The Kier molecular flexibility index (Phi) is 5.60. The summed E-state index contributed by atoms with van der Waals surface area (Å²) in [4.78, 5) is 46.6. The fourth-order valence-corrected chi connectivity index (χ4v) is 5.18. The highest BCUT2D eigenvalue weighted by molar-refractivity contribution is 6.05. The molecule has 5 rings (SSSR count). The van der Waals surface area contributed by atoms with Crippen molar-refractivity contribution in [2.24, 2.45) is 7.05 Å². The van der Waals surface area contributed by atoms with E-state index in [1.54, 1.807) is 11.6 Å². The molecule has 0 unspecified atom stereocenters. The van der Waals surface area contributed by atoms with Gasteiger partial charge in [-0.1, -0.05) is 0 Å². The summed E-state index contributed by atoms with van der Waals surface area (Å²) in [5.41, 5.74) is 2.59. The summed E-state index contributed by atoms with van der Waals surface area (Å²) in [5, 5.41) is 9.74. The Morgan fingerprint density at radius 3 is 2.45 bits per heavy atom. The molecule has 3 aliphatic rings. The van der Waals surface area contributed by atoms with Crippen LogP contribution < -0.4 is 0 Å². The number of methoxy groups -OCH3 is 1. The summed E-state index contributed by atoms with van der Waals surface area (Å²) in [7, 11) is 3.11. The molecule has 2 amide bonds. The number of benzene rings is 1. The average Bonchev–Trinajstić information content (AvgIpc) is 3.62. The van der Waals surface area contributed by atoms with E-state index in [0.717, 1.165) is 31.2 Å². The lowest BCUT2D eigenvalue weighted by molar-refractivity contribution is -0.138. The third kappa shape index (κ3) is 3.99. The van der Waals surface area contributed by atoms with E-state index in [1.165, 1.54) is 12.0 Å². The number of carbonyl (C=O) groups excluding carboxylic acids is 3. The van der Waals surface area contributed by atoms with Gasteiger partial charge in [-0.25, -0.2) is 9.78 Å². The number of aryl methyl sites for hydroxylation is 1. The summed E-state index contributed by atoms with van der Waals surface area (Å²) in [6.45, 7) is 0.927. The lowest BCUT2D eigenvalue weighted by Gasteiger charge is -2.41. The van der Waals surface area contributed by atoms with E-state index in [0.29, 0.717) is 48.4 Å². The number of carbonyl (C=O) groups is 3. The third-order valence-corrected chi connectivity index (χ3v) is 7.31. The second-order valence-electron chi connectivity index (χ2n) is 9.47. The predicted molar refractivity (Wildman–Crippen MR) is 120 cm³/mol. The number of imidazole rings is 1. The Bertz CT molecular complexity index is 1110. The van der Waals surface area contributed by atoms with Crippen LogP contribution >= 0.6 is 0 Å². The number of hydrogen-bond acceptors (Lipinski definition) is 6. The number of aliphatic hydroxyl groups is 1. The van der Waals surface area contributed by atoms with Gasteiger partial charge in [0.2, 0.25) is 5.91 Å². The number of rotatable bonds is 4. The summed E-state index contributed by atoms with van der Waals surface area (Å²) in [6.07, 6.45) is 4.91. The number of nitrogens with zero attached hydrogens (tertiary/aromatic N) is 4. The highest BCUT2D eigenvalue weighted by Crippen LogP contribution is 2.42. The number of hydrogen-bond donors (Lipinski definition) is 1. The first-order valence-corrected chi connectivity index (χ1v) is 11.7. The monoisotopic (exact) mass is 454 g/mol. The Hall–Kier alpha value is -2.94. The van der Waals surface area contributed by atoms with Crippen molar-refractivity contribution in [1.82, 2.24) is 19.4 Å².